The molecule has 2 heterocycles. The molecule has 0 aromatic carbocycles. The number of aliphatic hydroxyl groups is 1. The van der Waals surface area contributed by atoms with Crippen molar-refractivity contribution in [3.63, 3.8) is 0 Å². The van der Waals surface area contributed by atoms with Crippen LogP contribution >= 0.6 is 11.3 Å². The number of rotatable bonds is 5. The lowest BCUT2D eigenvalue weighted by atomic mass is 9.80. The first-order valence-corrected chi connectivity index (χ1v) is 16.1. The summed E-state index contributed by atoms with van der Waals surface area (Å²) in [5.74, 6) is 2.80. The van der Waals surface area contributed by atoms with E-state index in [0.717, 1.165) is 37.3 Å². The molecule has 0 amide bonds. The summed E-state index contributed by atoms with van der Waals surface area (Å²) < 4.78 is 0. The highest BCUT2D eigenvalue weighted by molar-refractivity contribution is 7.12. The van der Waals surface area contributed by atoms with Gasteiger partial charge in [0, 0.05) is 25.5 Å². The summed E-state index contributed by atoms with van der Waals surface area (Å²) in [6, 6.07) is 2.17. The Morgan fingerprint density at radius 1 is 1.03 bits per heavy atom. The topological polar surface area (TPSA) is 40.5 Å². The van der Waals surface area contributed by atoms with E-state index >= 15 is 0 Å². The Labute approximate surface area is 240 Å². The van der Waals surface area contributed by atoms with Gasteiger partial charge in [0.2, 0.25) is 0 Å². The lowest BCUT2D eigenvalue weighted by molar-refractivity contribution is 0.0880. The van der Waals surface area contributed by atoms with Crippen molar-refractivity contribution < 1.29 is 9.90 Å². The monoisotopic (exact) mass is 545 g/mol. The van der Waals surface area contributed by atoms with E-state index in [2.05, 4.69) is 74.4 Å². The molecule has 1 saturated carbocycles. The van der Waals surface area contributed by atoms with Crippen LogP contribution in [0.3, 0.4) is 0 Å². The summed E-state index contributed by atoms with van der Waals surface area (Å²) in [5, 5.41) is 9.20. The Morgan fingerprint density at radius 2 is 1.63 bits per heavy atom. The summed E-state index contributed by atoms with van der Waals surface area (Å²) in [6.45, 7) is 20.3. The molecule has 3 aliphatic rings. The van der Waals surface area contributed by atoms with Gasteiger partial charge >= 0.3 is 0 Å². The number of likely N-dealkylation sites (tertiary alicyclic amines) is 1. The van der Waals surface area contributed by atoms with Gasteiger partial charge in [0.1, 0.15) is 0 Å². The van der Waals surface area contributed by atoms with E-state index in [1.165, 1.54) is 56.3 Å². The van der Waals surface area contributed by atoms with Gasteiger partial charge in [-0.2, -0.15) is 0 Å². The van der Waals surface area contributed by atoms with E-state index in [9.17, 15) is 4.79 Å². The number of allylic oxidation sites excluding steroid dienone is 6. The first kappa shape index (κ1) is 36.5. The maximum Gasteiger partial charge on any atom is 0.175 e. The number of nitrogens with zero attached hydrogens (tertiary/aromatic N) is 1. The average molecular weight is 546 g/mol. The molecule has 0 spiro atoms. The van der Waals surface area contributed by atoms with Gasteiger partial charge in [-0.15, -0.1) is 11.3 Å². The van der Waals surface area contributed by atoms with E-state index in [-0.39, 0.29) is 0 Å². The lowest BCUT2D eigenvalue weighted by Gasteiger charge is -2.26. The van der Waals surface area contributed by atoms with Crippen molar-refractivity contribution in [2.24, 2.45) is 23.7 Å². The molecule has 4 heteroatoms. The molecule has 0 radical (unpaired) electrons. The first-order valence-electron chi connectivity index (χ1n) is 15.2. The van der Waals surface area contributed by atoms with Crippen LogP contribution in [-0.4, -0.2) is 36.0 Å². The smallest absolute Gasteiger partial charge is 0.175 e. The zero-order valence-electron chi connectivity index (χ0n) is 26.1. The molecule has 2 atom stereocenters. The van der Waals surface area contributed by atoms with Gasteiger partial charge in [0.05, 0.1) is 4.88 Å². The molecule has 3 nitrogen and oxygen atoms in total. The Bertz CT molecular complexity index is 808. The minimum atomic E-state index is 0.294. The van der Waals surface area contributed by atoms with Crippen LogP contribution in [0.4, 0.5) is 0 Å². The standard InChI is InChI=1S/C18H27NOS.C11H16.2C2H6.CH4O/c1-14-5-7-16(8-6-14)18(20)17-11-15(13-21-17)12-19-9-3-2-4-10-19;1-4-5-11-8-9(2)6-7-10(11)3;3*1-2/h11,13-14,16H,2-10,12H2,1H3;4-8,10-11H,1-3H3;2*1-2H3;2H,1H3/b;5-4+;;;. The fourth-order valence-corrected chi connectivity index (χ4v) is 6.01. The van der Waals surface area contributed by atoms with Crippen molar-refractivity contribution in [1.82, 2.24) is 4.90 Å². The van der Waals surface area contributed by atoms with Gasteiger partial charge in [0.25, 0.3) is 0 Å². The van der Waals surface area contributed by atoms with Gasteiger partial charge in [-0.1, -0.05) is 96.8 Å². The third-order valence-corrected chi connectivity index (χ3v) is 8.27. The number of hydrogen-bond donors (Lipinski definition) is 1. The van der Waals surface area contributed by atoms with E-state index in [1.807, 2.05) is 27.7 Å². The number of aliphatic hydroxyl groups excluding tert-OH is 1. The molecule has 38 heavy (non-hydrogen) atoms. The zero-order chi connectivity index (χ0) is 28.9. The second-order valence-corrected chi connectivity index (χ2v) is 11.1. The maximum atomic E-state index is 12.6. The molecule has 0 bridgehead atoms. The molecule has 2 fully saturated rings. The number of Topliss-reactive ketones (excluding diaryl/α,β-unsaturated/α-hetero) is 1. The highest BCUT2D eigenvalue weighted by atomic mass is 32.1. The summed E-state index contributed by atoms with van der Waals surface area (Å²) >= 11 is 1.66. The van der Waals surface area contributed by atoms with Crippen molar-refractivity contribution >= 4 is 17.1 Å². The average Bonchev–Trinajstić information content (AvgIpc) is 3.43. The normalized spacial score (nSPS) is 24.7. The summed E-state index contributed by atoms with van der Waals surface area (Å²) in [4.78, 5) is 16.1. The zero-order valence-corrected chi connectivity index (χ0v) is 26.9. The van der Waals surface area contributed by atoms with E-state index in [0.29, 0.717) is 23.5 Å². The predicted octanol–water partition coefficient (Wildman–Crippen LogP) is 9.73. The molecule has 1 aromatic heterocycles. The number of piperidine rings is 1. The SMILES string of the molecule is C/C=C/C1C=C(C)C=CC1C.CC.CC.CC1CCC(C(=O)c2cc(CN3CCCCC3)cs2)CC1.CO. The number of carbonyl (C=O) groups excluding carboxylic acids is 1. The molecule has 1 aromatic rings. The molecular weight excluding hydrogens is 486 g/mol. The number of carbonyl (C=O) groups is 1. The van der Waals surface area contributed by atoms with Crippen LogP contribution in [-0.2, 0) is 6.54 Å². The fraction of sp³-hybridized carbons (Fsp3) is 0.676. The van der Waals surface area contributed by atoms with E-state index in [1.54, 1.807) is 11.3 Å². The van der Waals surface area contributed by atoms with E-state index in [4.69, 9.17) is 5.11 Å². The Hall–Kier alpha value is -1.49. The van der Waals surface area contributed by atoms with Gasteiger partial charge in [-0.25, -0.2) is 0 Å². The summed E-state index contributed by atoms with van der Waals surface area (Å²) in [7, 11) is 1.00. The molecule has 1 aliphatic heterocycles. The molecular formula is C34H59NO2S. The molecule has 4 rings (SSSR count). The Kier molecular flexibility index (Phi) is 21.5. The van der Waals surface area contributed by atoms with Crippen LogP contribution in [0.15, 0.2) is 47.4 Å². The Morgan fingerprint density at radius 3 is 2.21 bits per heavy atom. The van der Waals surface area contributed by atoms with Crippen molar-refractivity contribution in [3.8, 4) is 0 Å². The van der Waals surface area contributed by atoms with Gasteiger partial charge in [0.15, 0.2) is 5.78 Å². The minimum absolute atomic E-state index is 0.294. The summed E-state index contributed by atoms with van der Waals surface area (Å²) in [6.07, 6.45) is 19.9. The number of hydrogen-bond acceptors (Lipinski definition) is 4. The third kappa shape index (κ3) is 13.5. The maximum absolute atomic E-state index is 12.6. The molecule has 1 saturated heterocycles. The quantitative estimate of drug-likeness (QED) is 0.296. The number of ketones is 1. The van der Waals surface area contributed by atoms with Crippen molar-refractivity contribution in [2.75, 3.05) is 20.2 Å². The van der Waals surface area contributed by atoms with Gasteiger partial charge in [-0.05, 0) is 81.5 Å². The second-order valence-electron chi connectivity index (χ2n) is 10.2. The van der Waals surface area contributed by atoms with Crippen molar-refractivity contribution in [1.29, 1.82) is 0 Å². The lowest BCUT2D eigenvalue weighted by Crippen LogP contribution is -2.28. The highest BCUT2D eigenvalue weighted by Crippen LogP contribution is 2.32. The largest absolute Gasteiger partial charge is 0.400 e. The van der Waals surface area contributed by atoms with Crippen LogP contribution in [0.25, 0.3) is 0 Å². The van der Waals surface area contributed by atoms with Crippen LogP contribution < -0.4 is 0 Å². The number of thiophene rings is 1. The molecule has 218 valence electrons. The van der Waals surface area contributed by atoms with Crippen molar-refractivity contribution in [3.05, 3.63) is 57.8 Å². The van der Waals surface area contributed by atoms with Crippen LogP contribution in [0.1, 0.15) is 116 Å². The first-order chi connectivity index (χ1) is 18.5. The van der Waals surface area contributed by atoms with Crippen LogP contribution in [0.5, 0.6) is 0 Å². The molecule has 2 aliphatic carbocycles. The van der Waals surface area contributed by atoms with Crippen LogP contribution in [0, 0.1) is 23.7 Å². The van der Waals surface area contributed by atoms with Gasteiger partial charge < -0.3 is 5.11 Å². The fourth-order valence-electron chi connectivity index (χ4n) is 5.08. The van der Waals surface area contributed by atoms with Crippen LogP contribution in [0.2, 0.25) is 0 Å². The Balaban J connectivity index is 0.000000682. The highest BCUT2D eigenvalue weighted by Gasteiger charge is 2.26. The minimum Gasteiger partial charge on any atom is -0.400 e. The summed E-state index contributed by atoms with van der Waals surface area (Å²) in [5.41, 5.74) is 2.72. The van der Waals surface area contributed by atoms with E-state index < -0.39 is 0 Å². The van der Waals surface area contributed by atoms with Gasteiger partial charge in [-0.3, -0.25) is 9.69 Å². The van der Waals surface area contributed by atoms with Crippen molar-refractivity contribution in [2.45, 2.75) is 107 Å². The molecule has 2 unspecified atom stereocenters. The third-order valence-electron chi connectivity index (χ3n) is 7.28. The second kappa shape index (κ2) is 22.3. The predicted molar refractivity (Wildman–Crippen MR) is 170 cm³/mol. The molecule has 1 N–H and O–H groups in total.